The van der Waals surface area contributed by atoms with Crippen LogP contribution in [0.4, 0.5) is 0 Å². The zero-order chi connectivity index (χ0) is 14.4. The molecule has 0 unspecified atom stereocenters. The first-order valence-corrected chi connectivity index (χ1v) is 8.53. The number of nitrogens with zero attached hydrogens (tertiary/aromatic N) is 3. The summed E-state index contributed by atoms with van der Waals surface area (Å²) < 4.78 is 31.1. The van der Waals surface area contributed by atoms with Crippen molar-refractivity contribution in [3.8, 4) is 0 Å². The van der Waals surface area contributed by atoms with Gasteiger partial charge in [0.15, 0.2) is 9.84 Å². The van der Waals surface area contributed by atoms with Gasteiger partial charge in [0.1, 0.15) is 4.75 Å². The Labute approximate surface area is 119 Å². The van der Waals surface area contributed by atoms with Gasteiger partial charge in [0.25, 0.3) is 0 Å². The van der Waals surface area contributed by atoms with Gasteiger partial charge in [-0.3, -0.25) is 9.58 Å². The lowest BCUT2D eigenvalue weighted by Crippen LogP contribution is -2.67. The zero-order valence-corrected chi connectivity index (χ0v) is 12.8. The molecule has 0 bridgehead atoms. The molecule has 0 amide bonds. The molecule has 0 saturated carbocycles. The summed E-state index contributed by atoms with van der Waals surface area (Å²) >= 11 is 0. The molecule has 1 aromatic heterocycles. The SMILES string of the molecule is COC[C@H]1CCS(=O)(=O)C12CN(Cc1cnn(C)c1)C2. The lowest BCUT2D eigenvalue weighted by molar-refractivity contribution is 0.0411. The molecule has 2 saturated heterocycles. The average Bonchev–Trinajstić information content (AvgIpc) is 2.84. The first kappa shape index (κ1) is 14.0. The van der Waals surface area contributed by atoms with E-state index in [0.29, 0.717) is 25.4 Å². The van der Waals surface area contributed by atoms with Gasteiger partial charge in [-0.15, -0.1) is 0 Å². The maximum Gasteiger partial charge on any atom is 0.158 e. The molecule has 2 aliphatic heterocycles. The summed E-state index contributed by atoms with van der Waals surface area (Å²) in [6, 6.07) is 0. The Morgan fingerprint density at radius 3 is 2.85 bits per heavy atom. The highest BCUT2D eigenvalue weighted by atomic mass is 32.2. The van der Waals surface area contributed by atoms with E-state index < -0.39 is 14.6 Å². The van der Waals surface area contributed by atoms with E-state index in [-0.39, 0.29) is 5.92 Å². The van der Waals surface area contributed by atoms with E-state index >= 15 is 0 Å². The van der Waals surface area contributed by atoms with Crippen LogP contribution < -0.4 is 0 Å². The molecule has 0 aliphatic carbocycles. The predicted molar refractivity (Wildman–Crippen MR) is 75.0 cm³/mol. The second-order valence-electron chi connectivity index (χ2n) is 5.99. The van der Waals surface area contributed by atoms with E-state index in [1.165, 1.54) is 0 Å². The van der Waals surface area contributed by atoms with Crippen molar-refractivity contribution in [2.45, 2.75) is 17.7 Å². The molecule has 7 heteroatoms. The average molecular weight is 299 g/mol. The van der Waals surface area contributed by atoms with E-state index in [1.54, 1.807) is 11.8 Å². The number of aromatic nitrogens is 2. The lowest BCUT2D eigenvalue weighted by atomic mass is 9.83. The van der Waals surface area contributed by atoms with Crippen LogP contribution in [0.1, 0.15) is 12.0 Å². The van der Waals surface area contributed by atoms with Gasteiger partial charge < -0.3 is 4.74 Å². The highest BCUT2D eigenvalue weighted by Crippen LogP contribution is 2.45. The van der Waals surface area contributed by atoms with Crippen LogP contribution in [0.2, 0.25) is 0 Å². The van der Waals surface area contributed by atoms with Gasteiger partial charge in [0.2, 0.25) is 0 Å². The number of aryl methyl sites for hydroxylation is 1. The molecule has 0 N–H and O–H groups in total. The third-order valence-corrected chi connectivity index (χ3v) is 7.22. The topological polar surface area (TPSA) is 64.4 Å². The Balaban J connectivity index is 1.69. The third-order valence-electron chi connectivity index (χ3n) is 4.61. The van der Waals surface area contributed by atoms with Crippen LogP contribution in [0.25, 0.3) is 0 Å². The van der Waals surface area contributed by atoms with Gasteiger partial charge in [-0.25, -0.2) is 8.42 Å². The smallest absolute Gasteiger partial charge is 0.158 e. The van der Waals surface area contributed by atoms with Gasteiger partial charge in [-0.05, 0) is 6.42 Å². The van der Waals surface area contributed by atoms with Crippen LogP contribution in [-0.4, -0.2) is 60.4 Å². The van der Waals surface area contributed by atoms with Crippen molar-refractivity contribution in [3.05, 3.63) is 18.0 Å². The van der Waals surface area contributed by atoms with E-state index in [0.717, 1.165) is 18.5 Å². The molecule has 2 aliphatic rings. The fourth-order valence-electron chi connectivity index (χ4n) is 3.54. The maximum absolute atomic E-state index is 12.4. The summed E-state index contributed by atoms with van der Waals surface area (Å²) in [5, 5.41) is 4.14. The highest BCUT2D eigenvalue weighted by Gasteiger charge is 2.61. The fourth-order valence-corrected chi connectivity index (χ4v) is 6.00. The first-order valence-electron chi connectivity index (χ1n) is 6.88. The highest BCUT2D eigenvalue weighted by molar-refractivity contribution is 7.93. The minimum absolute atomic E-state index is 0.141. The predicted octanol–water partition coefficient (Wildman–Crippen LogP) is 0.0556. The Bertz CT molecular complexity index is 590. The Morgan fingerprint density at radius 2 is 2.25 bits per heavy atom. The van der Waals surface area contributed by atoms with Crippen LogP contribution >= 0.6 is 0 Å². The summed E-state index contributed by atoms with van der Waals surface area (Å²) in [4.78, 5) is 2.18. The second-order valence-corrected chi connectivity index (χ2v) is 8.44. The molecule has 3 heterocycles. The Morgan fingerprint density at radius 1 is 1.50 bits per heavy atom. The largest absolute Gasteiger partial charge is 0.384 e. The number of sulfone groups is 1. The minimum Gasteiger partial charge on any atom is -0.384 e. The van der Waals surface area contributed by atoms with Gasteiger partial charge in [-0.2, -0.15) is 5.10 Å². The molecular weight excluding hydrogens is 278 g/mol. The fraction of sp³-hybridized carbons (Fsp3) is 0.769. The summed E-state index contributed by atoms with van der Waals surface area (Å²) in [7, 11) is 0.546. The summed E-state index contributed by atoms with van der Waals surface area (Å²) in [5.41, 5.74) is 1.13. The van der Waals surface area contributed by atoms with Crippen molar-refractivity contribution < 1.29 is 13.2 Å². The molecular formula is C13H21N3O3S. The summed E-state index contributed by atoms with van der Waals surface area (Å²) in [6.45, 7) is 2.56. The molecule has 2 fully saturated rings. The van der Waals surface area contributed by atoms with Crippen molar-refractivity contribution >= 4 is 9.84 Å². The van der Waals surface area contributed by atoms with Crippen LogP contribution in [0, 0.1) is 5.92 Å². The number of hydrogen-bond acceptors (Lipinski definition) is 5. The lowest BCUT2D eigenvalue weighted by Gasteiger charge is -2.49. The van der Waals surface area contributed by atoms with Crippen molar-refractivity contribution in [1.29, 1.82) is 0 Å². The molecule has 1 aromatic rings. The quantitative estimate of drug-likeness (QED) is 0.786. The van der Waals surface area contributed by atoms with Gasteiger partial charge in [0, 0.05) is 51.5 Å². The molecule has 20 heavy (non-hydrogen) atoms. The van der Waals surface area contributed by atoms with Crippen LogP contribution in [0.15, 0.2) is 12.4 Å². The van der Waals surface area contributed by atoms with Gasteiger partial charge >= 0.3 is 0 Å². The molecule has 1 atom stereocenters. The molecule has 6 nitrogen and oxygen atoms in total. The summed E-state index contributed by atoms with van der Waals surface area (Å²) in [5.74, 6) is 0.449. The maximum atomic E-state index is 12.4. The molecule has 112 valence electrons. The standard InChI is InChI=1S/C13H21N3O3S/c1-15-6-11(5-14-15)7-16-9-13(10-16)12(8-19-2)3-4-20(13,17)18/h5-6,12H,3-4,7-10H2,1-2H3/t12-/m1/s1. The second kappa shape index (κ2) is 4.82. The first-order chi connectivity index (χ1) is 9.47. The third kappa shape index (κ3) is 2.08. The van der Waals surface area contributed by atoms with Crippen molar-refractivity contribution in [2.24, 2.45) is 13.0 Å². The molecule has 0 aromatic carbocycles. The van der Waals surface area contributed by atoms with Crippen molar-refractivity contribution in [3.63, 3.8) is 0 Å². The Hall–Kier alpha value is -0.920. The summed E-state index contributed by atoms with van der Waals surface area (Å²) in [6.07, 6.45) is 4.54. The van der Waals surface area contributed by atoms with Crippen molar-refractivity contribution in [1.82, 2.24) is 14.7 Å². The zero-order valence-electron chi connectivity index (χ0n) is 11.9. The number of ether oxygens (including phenoxy) is 1. The molecule has 0 radical (unpaired) electrons. The molecule has 1 spiro atoms. The molecule has 3 rings (SSSR count). The van der Waals surface area contributed by atoms with Gasteiger partial charge in [-0.1, -0.05) is 0 Å². The number of rotatable bonds is 4. The Kier molecular flexibility index (Phi) is 3.38. The van der Waals surface area contributed by atoms with Crippen LogP contribution in [-0.2, 0) is 28.2 Å². The number of hydrogen-bond donors (Lipinski definition) is 0. The van der Waals surface area contributed by atoms with Crippen LogP contribution in [0.3, 0.4) is 0 Å². The van der Waals surface area contributed by atoms with Crippen LogP contribution in [0.5, 0.6) is 0 Å². The van der Waals surface area contributed by atoms with Crippen molar-refractivity contribution in [2.75, 3.05) is 32.6 Å². The monoisotopic (exact) mass is 299 g/mol. The normalized spacial score (nSPS) is 27.8. The van der Waals surface area contributed by atoms with E-state index in [1.807, 2.05) is 19.4 Å². The number of methoxy groups -OCH3 is 1. The number of likely N-dealkylation sites (tertiary alicyclic amines) is 1. The van der Waals surface area contributed by atoms with E-state index in [2.05, 4.69) is 10.00 Å². The van der Waals surface area contributed by atoms with E-state index in [9.17, 15) is 8.42 Å². The minimum atomic E-state index is -2.98. The van der Waals surface area contributed by atoms with Gasteiger partial charge in [0.05, 0.1) is 18.6 Å². The van der Waals surface area contributed by atoms with E-state index in [4.69, 9.17) is 4.74 Å².